The standard InChI is InChI=1S/C16H17N5O4/c1-10(2)15-13(8-20(3)18-15)16-17-14(25-19-16)9-24-12-6-4-5-11(7-12)21(22)23/h4-8,10H,9H2,1-3H3. The highest BCUT2D eigenvalue weighted by atomic mass is 16.6. The third-order valence-corrected chi connectivity index (χ3v) is 3.50. The van der Waals surface area contributed by atoms with Crippen LogP contribution in [0.4, 0.5) is 5.69 Å². The molecule has 9 nitrogen and oxygen atoms in total. The summed E-state index contributed by atoms with van der Waals surface area (Å²) in [6, 6.07) is 5.92. The van der Waals surface area contributed by atoms with Crippen LogP contribution in [0.1, 0.15) is 31.4 Å². The molecule has 25 heavy (non-hydrogen) atoms. The number of benzene rings is 1. The molecule has 0 aliphatic carbocycles. The van der Waals surface area contributed by atoms with Crippen LogP contribution < -0.4 is 4.74 Å². The molecule has 0 saturated carbocycles. The zero-order valence-electron chi connectivity index (χ0n) is 14.0. The molecule has 0 radical (unpaired) electrons. The molecule has 2 aromatic heterocycles. The number of aryl methyl sites for hydroxylation is 1. The van der Waals surface area contributed by atoms with Gasteiger partial charge in [0.1, 0.15) is 5.75 Å². The zero-order valence-corrected chi connectivity index (χ0v) is 14.0. The fourth-order valence-corrected chi connectivity index (χ4v) is 2.36. The van der Waals surface area contributed by atoms with Gasteiger partial charge >= 0.3 is 0 Å². The topological polar surface area (TPSA) is 109 Å². The molecule has 2 heterocycles. The summed E-state index contributed by atoms with van der Waals surface area (Å²) >= 11 is 0. The van der Waals surface area contributed by atoms with Crippen molar-refractivity contribution in [1.29, 1.82) is 0 Å². The molecule has 0 fully saturated rings. The Balaban J connectivity index is 1.74. The van der Waals surface area contributed by atoms with E-state index in [0.717, 1.165) is 11.3 Å². The molecule has 0 spiro atoms. The van der Waals surface area contributed by atoms with Gasteiger partial charge in [0.25, 0.3) is 11.6 Å². The molecular weight excluding hydrogens is 326 g/mol. The number of rotatable bonds is 6. The Morgan fingerprint density at radius 1 is 1.40 bits per heavy atom. The zero-order chi connectivity index (χ0) is 18.0. The molecule has 9 heteroatoms. The summed E-state index contributed by atoms with van der Waals surface area (Å²) < 4.78 is 12.4. The molecular formula is C16H17N5O4. The molecule has 0 aliphatic heterocycles. The Labute approximate surface area is 143 Å². The molecule has 0 atom stereocenters. The van der Waals surface area contributed by atoms with E-state index in [1.807, 2.05) is 27.1 Å². The lowest BCUT2D eigenvalue weighted by molar-refractivity contribution is -0.384. The van der Waals surface area contributed by atoms with Crippen LogP contribution in [0, 0.1) is 10.1 Å². The molecule has 0 N–H and O–H groups in total. The Morgan fingerprint density at radius 3 is 2.92 bits per heavy atom. The smallest absolute Gasteiger partial charge is 0.273 e. The molecule has 1 aromatic carbocycles. The minimum atomic E-state index is -0.479. The lowest BCUT2D eigenvalue weighted by Crippen LogP contribution is -1.97. The quantitative estimate of drug-likeness (QED) is 0.499. The van der Waals surface area contributed by atoms with Gasteiger partial charge in [0.2, 0.25) is 5.82 Å². The summed E-state index contributed by atoms with van der Waals surface area (Å²) in [6.07, 6.45) is 1.84. The van der Waals surface area contributed by atoms with Crippen LogP contribution in [0.2, 0.25) is 0 Å². The molecule has 0 bridgehead atoms. The van der Waals surface area contributed by atoms with Crippen molar-refractivity contribution >= 4 is 5.69 Å². The summed E-state index contributed by atoms with van der Waals surface area (Å²) in [6.45, 7) is 4.10. The van der Waals surface area contributed by atoms with Crippen molar-refractivity contribution in [3.05, 3.63) is 52.2 Å². The SMILES string of the molecule is CC(C)c1nn(C)cc1-c1noc(COc2cccc([N+](=O)[O-])c2)n1. The maximum absolute atomic E-state index is 10.8. The van der Waals surface area contributed by atoms with Crippen molar-refractivity contribution in [3.63, 3.8) is 0 Å². The second kappa shape index (κ2) is 6.71. The third kappa shape index (κ3) is 3.65. The monoisotopic (exact) mass is 343 g/mol. The molecule has 0 saturated heterocycles. The average molecular weight is 343 g/mol. The Kier molecular flexibility index (Phi) is 4.46. The first-order chi connectivity index (χ1) is 11.9. The van der Waals surface area contributed by atoms with Gasteiger partial charge in [-0.15, -0.1) is 0 Å². The fourth-order valence-electron chi connectivity index (χ4n) is 2.36. The Morgan fingerprint density at radius 2 is 2.20 bits per heavy atom. The van der Waals surface area contributed by atoms with Crippen LogP contribution in [0.3, 0.4) is 0 Å². The van der Waals surface area contributed by atoms with Gasteiger partial charge in [-0.1, -0.05) is 25.1 Å². The molecule has 3 aromatic rings. The Bertz CT molecular complexity index is 900. The van der Waals surface area contributed by atoms with Crippen LogP contribution in [-0.2, 0) is 13.7 Å². The summed E-state index contributed by atoms with van der Waals surface area (Å²) in [4.78, 5) is 14.6. The predicted octanol–water partition coefficient (Wildman–Crippen LogP) is 3.08. The number of nitro benzene ring substituents is 1. The predicted molar refractivity (Wildman–Crippen MR) is 88.0 cm³/mol. The first-order valence-electron chi connectivity index (χ1n) is 7.68. The van der Waals surface area contributed by atoms with E-state index in [1.165, 1.54) is 12.1 Å². The number of non-ortho nitro benzene ring substituents is 1. The number of aromatic nitrogens is 4. The second-order valence-corrected chi connectivity index (χ2v) is 5.81. The fraction of sp³-hybridized carbons (Fsp3) is 0.312. The molecule has 3 rings (SSSR count). The van der Waals surface area contributed by atoms with E-state index in [-0.39, 0.29) is 24.1 Å². The van der Waals surface area contributed by atoms with Crippen molar-refractivity contribution in [2.24, 2.45) is 7.05 Å². The number of hydrogen-bond donors (Lipinski definition) is 0. The van der Waals surface area contributed by atoms with Crippen molar-refractivity contribution in [2.45, 2.75) is 26.4 Å². The summed E-state index contributed by atoms with van der Waals surface area (Å²) in [5, 5.41) is 19.2. The van der Waals surface area contributed by atoms with Gasteiger partial charge < -0.3 is 9.26 Å². The number of ether oxygens (including phenoxy) is 1. The van der Waals surface area contributed by atoms with Gasteiger partial charge in [-0.25, -0.2) is 0 Å². The number of nitro groups is 1. The summed E-state index contributed by atoms with van der Waals surface area (Å²) in [5.74, 6) is 1.30. The Hall–Kier alpha value is -3.23. The molecule has 130 valence electrons. The highest BCUT2D eigenvalue weighted by Gasteiger charge is 2.18. The first kappa shape index (κ1) is 16.6. The van der Waals surface area contributed by atoms with Crippen LogP contribution >= 0.6 is 0 Å². The maximum atomic E-state index is 10.8. The summed E-state index contributed by atoms with van der Waals surface area (Å²) in [5.41, 5.74) is 1.65. The van der Waals surface area contributed by atoms with E-state index in [1.54, 1.807) is 16.8 Å². The minimum Gasteiger partial charge on any atom is -0.484 e. The summed E-state index contributed by atoms with van der Waals surface area (Å²) in [7, 11) is 1.84. The van der Waals surface area contributed by atoms with Gasteiger partial charge in [-0.2, -0.15) is 10.1 Å². The maximum Gasteiger partial charge on any atom is 0.273 e. The van der Waals surface area contributed by atoms with E-state index in [4.69, 9.17) is 9.26 Å². The van der Waals surface area contributed by atoms with Gasteiger partial charge in [-0.3, -0.25) is 14.8 Å². The van der Waals surface area contributed by atoms with Crippen LogP contribution in [0.15, 0.2) is 35.0 Å². The van der Waals surface area contributed by atoms with E-state index >= 15 is 0 Å². The minimum absolute atomic E-state index is 0.0193. The second-order valence-electron chi connectivity index (χ2n) is 5.81. The normalized spacial score (nSPS) is 11.0. The van der Waals surface area contributed by atoms with Gasteiger partial charge in [0, 0.05) is 19.3 Å². The third-order valence-electron chi connectivity index (χ3n) is 3.50. The van der Waals surface area contributed by atoms with E-state index in [0.29, 0.717) is 11.6 Å². The lowest BCUT2D eigenvalue weighted by atomic mass is 10.1. The van der Waals surface area contributed by atoms with Crippen molar-refractivity contribution in [3.8, 4) is 17.1 Å². The lowest BCUT2D eigenvalue weighted by Gasteiger charge is -2.02. The highest BCUT2D eigenvalue weighted by Crippen LogP contribution is 2.26. The average Bonchev–Trinajstić information content (AvgIpc) is 3.19. The highest BCUT2D eigenvalue weighted by molar-refractivity contribution is 5.57. The van der Waals surface area contributed by atoms with Crippen LogP contribution in [0.5, 0.6) is 5.75 Å². The number of nitrogens with zero attached hydrogens (tertiary/aromatic N) is 5. The number of hydrogen-bond acceptors (Lipinski definition) is 7. The van der Waals surface area contributed by atoms with Gasteiger partial charge in [0.15, 0.2) is 6.61 Å². The van der Waals surface area contributed by atoms with E-state index in [9.17, 15) is 10.1 Å². The molecule has 0 aliphatic rings. The van der Waals surface area contributed by atoms with Crippen molar-refractivity contribution in [2.75, 3.05) is 0 Å². The van der Waals surface area contributed by atoms with Crippen molar-refractivity contribution < 1.29 is 14.2 Å². The van der Waals surface area contributed by atoms with Gasteiger partial charge in [-0.05, 0) is 12.0 Å². The molecule has 0 amide bonds. The largest absolute Gasteiger partial charge is 0.484 e. The van der Waals surface area contributed by atoms with Crippen LogP contribution in [0.25, 0.3) is 11.4 Å². The van der Waals surface area contributed by atoms with Crippen LogP contribution in [-0.4, -0.2) is 24.8 Å². The molecule has 0 unspecified atom stereocenters. The first-order valence-corrected chi connectivity index (χ1v) is 7.68. The van der Waals surface area contributed by atoms with Crippen molar-refractivity contribution in [1.82, 2.24) is 19.9 Å². The van der Waals surface area contributed by atoms with Gasteiger partial charge in [0.05, 0.1) is 22.2 Å². The van der Waals surface area contributed by atoms with E-state index < -0.39 is 4.92 Å². The van der Waals surface area contributed by atoms with E-state index in [2.05, 4.69) is 15.2 Å².